The highest BCUT2D eigenvalue weighted by molar-refractivity contribution is 9.10. The maximum absolute atomic E-state index is 13.1. The number of carbonyl (C=O) groups excluding carboxylic acids is 1. The van der Waals surface area contributed by atoms with Crippen molar-refractivity contribution < 1.29 is 19.0 Å². The summed E-state index contributed by atoms with van der Waals surface area (Å²) in [6.45, 7) is 8.69. The van der Waals surface area contributed by atoms with E-state index in [9.17, 15) is 4.79 Å². The van der Waals surface area contributed by atoms with Crippen LogP contribution in [0.15, 0.2) is 33.0 Å². The quantitative estimate of drug-likeness (QED) is 0.335. The Kier molecular flexibility index (Phi) is 8.47. The van der Waals surface area contributed by atoms with Gasteiger partial charge in [-0.25, -0.2) is 9.48 Å². The number of hydrogen-bond donors (Lipinski definition) is 1. The Morgan fingerprint density at radius 3 is 2.72 bits per heavy atom. The fourth-order valence-electron chi connectivity index (χ4n) is 3.41. The van der Waals surface area contributed by atoms with Gasteiger partial charge in [-0.15, -0.1) is 5.10 Å². The van der Waals surface area contributed by atoms with Crippen LogP contribution < -0.4 is 14.8 Å². The van der Waals surface area contributed by atoms with Crippen LogP contribution in [-0.2, 0) is 9.53 Å². The Labute approximate surface area is 201 Å². The number of nitrogens with one attached hydrogen (secondary N) is 1. The van der Waals surface area contributed by atoms with Gasteiger partial charge >= 0.3 is 5.97 Å². The fraction of sp³-hybridized carbons (Fsp3) is 0.500. The molecule has 1 aliphatic heterocycles. The molecule has 0 amide bonds. The zero-order valence-corrected chi connectivity index (χ0v) is 21.4. The molecule has 10 heteroatoms. The average molecular weight is 525 g/mol. The molecule has 0 fully saturated rings. The molecular weight excluding hydrogens is 496 g/mol. The molecule has 2 aromatic rings. The van der Waals surface area contributed by atoms with E-state index in [1.54, 1.807) is 23.6 Å². The zero-order chi connectivity index (χ0) is 23.3. The molecule has 1 aliphatic rings. The normalized spacial score (nSPS) is 15.2. The van der Waals surface area contributed by atoms with E-state index in [1.807, 2.05) is 32.9 Å². The van der Waals surface area contributed by atoms with E-state index in [0.717, 1.165) is 28.6 Å². The summed E-state index contributed by atoms with van der Waals surface area (Å²) in [7, 11) is 1.59. The van der Waals surface area contributed by atoms with Gasteiger partial charge in [0.05, 0.1) is 30.4 Å². The van der Waals surface area contributed by atoms with Gasteiger partial charge < -0.3 is 19.5 Å². The number of thioether (sulfide) groups is 1. The summed E-state index contributed by atoms with van der Waals surface area (Å²) in [6, 6.07) is 3.27. The van der Waals surface area contributed by atoms with Gasteiger partial charge in [0, 0.05) is 11.4 Å². The summed E-state index contributed by atoms with van der Waals surface area (Å²) in [5, 5.41) is 8.60. The second-order valence-corrected chi connectivity index (χ2v) is 9.10. The van der Waals surface area contributed by atoms with E-state index in [0.29, 0.717) is 47.1 Å². The van der Waals surface area contributed by atoms with E-state index < -0.39 is 6.04 Å². The number of ether oxygens (including phenoxy) is 3. The Morgan fingerprint density at radius 2 is 2.06 bits per heavy atom. The average Bonchev–Trinajstić information content (AvgIpc) is 3.18. The number of halogens is 1. The van der Waals surface area contributed by atoms with Crippen molar-refractivity contribution in [2.75, 3.05) is 31.4 Å². The monoisotopic (exact) mass is 524 g/mol. The second kappa shape index (κ2) is 11.1. The molecule has 174 valence electrons. The maximum atomic E-state index is 13.1. The first-order valence-corrected chi connectivity index (χ1v) is 12.5. The van der Waals surface area contributed by atoms with E-state index >= 15 is 0 Å². The molecule has 0 spiro atoms. The summed E-state index contributed by atoms with van der Waals surface area (Å²) in [5.41, 5.74) is 1.98. The van der Waals surface area contributed by atoms with Crippen molar-refractivity contribution in [2.24, 2.45) is 0 Å². The number of benzene rings is 1. The fourth-order valence-corrected chi connectivity index (χ4v) is 4.67. The number of rotatable bonds is 10. The number of aromatic nitrogens is 3. The van der Waals surface area contributed by atoms with Crippen LogP contribution in [0.25, 0.3) is 0 Å². The molecule has 3 rings (SSSR count). The molecule has 0 bridgehead atoms. The minimum atomic E-state index is -0.528. The minimum absolute atomic E-state index is 0.348. The van der Waals surface area contributed by atoms with Crippen LogP contribution >= 0.6 is 27.7 Å². The lowest BCUT2D eigenvalue weighted by atomic mass is 9.95. The SMILES string of the molecule is CCCOC(=O)C1=C(C)Nc2nc(SCCC)nn2C1c1cc(Br)c(OCC)c(OC)c1. The molecular formula is C22H29BrN4O4S. The summed E-state index contributed by atoms with van der Waals surface area (Å²) in [6.07, 6.45) is 1.76. The first-order valence-electron chi connectivity index (χ1n) is 10.7. The van der Waals surface area contributed by atoms with Crippen LogP contribution in [0.2, 0.25) is 0 Å². The number of carbonyl (C=O) groups is 1. The molecule has 0 radical (unpaired) electrons. The van der Waals surface area contributed by atoms with Crippen LogP contribution in [0.3, 0.4) is 0 Å². The molecule has 0 saturated carbocycles. The van der Waals surface area contributed by atoms with E-state index in [2.05, 4.69) is 33.2 Å². The molecule has 8 nitrogen and oxygen atoms in total. The lowest BCUT2D eigenvalue weighted by molar-refractivity contribution is -0.139. The Balaban J connectivity index is 2.15. The topological polar surface area (TPSA) is 87.5 Å². The molecule has 0 aliphatic carbocycles. The third kappa shape index (κ3) is 5.06. The molecule has 32 heavy (non-hydrogen) atoms. The summed E-state index contributed by atoms with van der Waals surface area (Å²) < 4.78 is 19.3. The lowest BCUT2D eigenvalue weighted by Gasteiger charge is -2.28. The summed E-state index contributed by atoms with van der Waals surface area (Å²) >= 11 is 5.18. The van der Waals surface area contributed by atoms with Gasteiger partial charge in [0.1, 0.15) is 6.04 Å². The lowest BCUT2D eigenvalue weighted by Crippen LogP contribution is -2.30. The maximum Gasteiger partial charge on any atom is 0.338 e. The highest BCUT2D eigenvalue weighted by Crippen LogP contribution is 2.43. The summed E-state index contributed by atoms with van der Waals surface area (Å²) in [5.74, 6) is 2.29. The van der Waals surface area contributed by atoms with Crippen LogP contribution in [0.4, 0.5) is 5.95 Å². The van der Waals surface area contributed by atoms with Crippen molar-refractivity contribution in [1.82, 2.24) is 14.8 Å². The Bertz CT molecular complexity index is 1010. The molecule has 1 unspecified atom stereocenters. The number of nitrogens with zero attached hydrogens (tertiary/aromatic N) is 3. The predicted molar refractivity (Wildman–Crippen MR) is 129 cm³/mol. The minimum Gasteiger partial charge on any atom is -0.493 e. The standard InChI is InChI=1S/C22H29BrN4O4S/c1-6-9-31-20(28)17-13(4)24-21-25-22(32-10-7-2)26-27(21)18(17)14-11-15(23)19(30-8-3)16(12-14)29-5/h11-12,18H,6-10H2,1-5H3,(H,24,25,26). The Hall–Kier alpha value is -2.20. The number of allylic oxidation sites excluding steroid dienone is 1. The van der Waals surface area contributed by atoms with Crippen LogP contribution in [0, 0.1) is 0 Å². The number of anilines is 1. The van der Waals surface area contributed by atoms with Crippen molar-refractivity contribution in [3.05, 3.63) is 33.4 Å². The molecule has 1 atom stereocenters. The molecule has 2 heterocycles. The van der Waals surface area contributed by atoms with Gasteiger partial charge in [0.2, 0.25) is 11.1 Å². The third-order valence-corrected chi connectivity index (χ3v) is 6.41. The van der Waals surface area contributed by atoms with E-state index in [1.165, 1.54) is 0 Å². The molecule has 1 aromatic heterocycles. The Morgan fingerprint density at radius 1 is 1.28 bits per heavy atom. The van der Waals surface area contributed by atoms with Crippen LogP contribution in [0.1, 0.15) is 52.1 Å². The highest BCUT2D eigenvalue weighted by Gasteiger charge is 2.36. The number of esters is 1. The highest BCUT2D eigenvalue weighted by atomic mass is 79.9. The zero-order valence-electron chi connectivity index (χ0n) is 19.0. The van der Waals surface area contributed by atoms with Gasteiger partial charge in [-0.2, -0.15) is 4.98 Å². The molecule has 1 N–H and O–H groups in total. The van der Waals surface area contributed by atoms with Crippen molar-refractivity contribution in [1.29, 1.82) is 0 Å². The predicted octanol–water partition coefficient (Wildman–Crippen LogP) is 5.19. The van der Waals surface area contributed by atoms with Crippen LogP contribution in [0.5, 0.6) is 11.5 Å². The summed E-state index contributed by atoms with van der Waals surface area (Å²) in [4.78, 5) is 17.7. The van der Waals surface area contributed by atoms with Gasteiger partial charge in [0.25, 0.3) is 0 Å². The smallest absolute Gasteiger partial charge is 0.338 e. The number of fused-ring (bicyclic) bond motifs is 1. The van der Waals surface area contributed by atoms with Crippen molar-refractivity contribution >= 4 is 39.6 Å². The number of hydrogen-bond acceptors (Lipinski definition) is 8. The number of methoxy groups -OCH3 is 1. The molecule has 1 aromatic carbocycles. The van der Waals surface area contributed by atoms with Gasteiger partial charge in [-0.3, -0.25) is 0 Å². The van der Waals surface area contributed by atoms with Crippen molar-refractivity contribution in [3.8, 4) is 11.5 Å². The third-order valence-electron chi connectivity index (χ3n) is 4.78. The molecule has 0 saturated heterocycles. The van der Waals surface area contributed by atoms with Gasteiger partial charge in [-0.05, 0) is 60.3 Å². The van der Waals surface area contributed by atoms with E-state index in [4.69, 9.17) is 19.3 Å². The van der Waals surface area contributed by atoms with Crippen molar-refractivity contribution in [3.63, 3.8) is 0 Å². The van der Waals surface area contributed by atoms with Gasteiger partial charge in [0.15, 0.2) is 11.5 Å². The van der Waals surface area contributed by atoms with E-state index in [-0.39, 0.29) is 5.97 Å². The van der Waals surface area contributed by atoms with Crippen LogP contribution in [-0.4, -0.2) is 46.8 Å². The van der Waals surface area contributed by atoms with Gasteiger partial charge in [-0.1, -0.05) is 25.6 Å². The second-order valence-electron chi connectivity index (χ2n) is 7.18. The first kappa shape index (κ1) is 24.4. The first-order chi connectivity index (χ1) is 15.4. The van der Waals surface area contributed by atoms with Crippen molar-refractivity contribution in [2.45, 2.75) is 51.7 Å². The largest absolute Gasteiger partial charge is 0.493 e.